The Morgan fingerprint density at radius 1 is 1.53 bits per heavy atom. The molecule has 6 heteroatoms. The minimum Gasteiger partial charge on any atom is -0.480 e. The molecule has 1 unspecified atom stereocenters. The minimum absolute atomic E-state index is 0.115. The number of amides is 2. The lowest BCUT2D eigenvalue weighted by atomic mass is 10.1. The number of hydrogen-bond acceptors (Lipinski definition) is 3. The number of carbonyl (C=O) groups excluding carboxylic acids is 2. The normalized spacial score (nSPS) is 20.5. The molecule has 0 radical (unpaired) electrons. The molecule has 0 bridgehead atoms. The summed E-state index contributed by atoms with van der Waals surface area (Å²) in [7, 11) is 3.24. The van der Waals surface area contributed by atoms with Gasteiger partial charge in [0, 0.05) is 27.1 Å². The van der Waals surface area contributed by atoms with Crippen LogP contribution in [-0.4, -0.2) is 59.9 Å². The van der Waals surface area contributed by atoms with Gasteiger partial charge in [-0.2, -0.15) is 0 Å². The van der Waals surface area contributed by atoms with Crippen molar-refractivity contribution in [1.29, 1.82) is 0 Å². The zero-order valence-electron chi connectivity index (χ0n) is 8.77. The molecule has 0 aromatic rings. The number of likely N-dealkylation sites (tertiary alicyclic amines) is 1. The van der Waals surface area contributed by atoms with E-state index in [9.17, 15) is 14.4 Å². The Kier molecular flexibility index (Phi) is 3.28. The van der Waals surface area contributed by atoms with E-state index in [-0.39, 0.29) is 31.3 Å². The second kappa shape index (κ2) is 4.29. The number of nitrogens with zero attached hydrogens (tertiary/aromatic N) is 2. The van der Waals surface area contributed by atoms with Crippen LogP contribution >= 0.6 is 0 Å². The summed E-state index contributed by atoms with van der Waals surface area (Å²) in [5.41, 5.74) is 0. The molecule has 1 heterocycles. The summed E-state index contributed by atoms with van der Waals surface area (Å²) in [6.07, 6.45) is 0.115. The van der Waals surface area contributed by atoms with Crippen molar-refractivity contribution in [2.45, 2.75) is 6.42 Å². The summed E-state index contributed by atoms with van der Waals surface area (Å²) in [5, 5.41) is 8.54. The molecule has 1 aliphatic heterocycles. The van der Waals surface area contributed by atoms with Gasteiger partial charge in [-0.3, -0.25) is 14.4 Å². The molecule has 6 nitrogen and oxygen atoms in total. The number of carboxylic acid groups (broad SMARTS) is 1. The van der Waals surface area contributed by atoms with E-state index in [4.69, 9.17) is 5.11 Å². The average Bonchev–Trinajstić information content (AvgIpc) is 2.45. The van der Waals surface area contributed by atoms with E-state index < -0.39 is 11.9 Å². The highest BCUT2D eigenvalue weighted by molar-refractivity contribution is 5.90. The minimum atomic E-state index is -1.05. The summed E-state index contributed by atoms with van der Waals surface area (Å²) >= 11 is 0. The van der Waals surface area contributed by atoms with Crippen LogP contribution in [0.5, 0.6) is 0 Å². The van der Waals surface area contributed by atoms with Crippen LogP contribution in [0.15, 0.2) is 0 Å². The molecule has 2 amide bonds. The van der Waals surface area contributed by atoms with Gasteiger partial charge < -0.3 is 14.9 Å². The number of carbonyl (C=O) groups is 3. The molecule has 1 atom stereocenters. The van der Waals surface area contributed by atoms with E-state index in [1.165, 1.54) is 9.80 Å². The SMILES string of the molecule is CN(C)C(=O)C1CC(=O)N(CC(=O)O)C1. The van der Waals surface area contributed by atoms with Crippen LogP contribution in [-0.2, 0) is 14.4 Å². The Morgan fingerprint density at radius 2 is 2.13 bits per heavy atom. The van der Waals surface area contributed by atoms with Gasteiger partial charge in [0.15, 0.2) is 0 Å². The van der Waals surface area contributed by atoms with Gasteiger partial charge >= 0.3 is 5.97 Å². The van der Waals surface area contributed by atoms with Crippen molar-refractivity contribution in [2.75, 3.05) is 27.2 Å². The first-order valence-electron chi connectivity index (χ1n) is 4.62. The quantitative estimate of drug-likeness (QED) is 0.654. The maximum atomic E-state index is 11.5. The predicted molar refractivity (Wildman–Crippen MR) is 51.0 cm³/mol. The fraction of sp³-hybridized carbons (Fsp3) is 0.667. The summed E-state index contributed by atoms with van der Waals surface area (Å²) < 4.78 is 0. The summed E-state index contributed by atoms with van der Waals surface area (Å²) in [5.74, 6) is -1.85. The molecule has 15 heavy (non-hydrogen) atoms. The topological polar surface area (TPSA) is 77.9 Å². The Balaban J connectivity index is 2.59. The second-order valence-electron chi connectivity index (χ2n) is 3.80. The van der Waals surface area contributed by atoms with Crippen LogP contribution in [0.25, 0.3) is 0 Å². The molecular formula is C9H14N2O4. The van der Waals surface area contributed by atoms with Gasteiger partial charge in [0.1, 0.15) is 6.54 Å². The molecule has 0 saturated carbocycles. The van der Waals surface area contributed by atoms with Gasteiger partial charge in [-0.1, -0.05) is 0 Å². The molecule has 1 aliphatic rings. The van der Waals surface area contributed by atoms with Gasteiger partial charge in [-0.05, 0) is 0 Å². The molecule has 0 aromatic heterocycles. The van der Waals surface area contributed by atoms with Crippen LogP contribution in [0.4, 0.5) is 0 Å². The van der Waals surface area contributed by atoms with Gasteiger partial charge in [0.2, 0.25) is 11.8 Å². The molecule has 84 valence electrons. The Morgan fingerprint density at radius 3 is 2.60 bits per heavy atom. The van der Waals surface area contributed by atoms with E-state index in [2.05, 4.69) is 0 Å². The lowest BCUT2D eigenvalue weighted by Crippen LogP contribution is -2.34. The highest BCUT2D eigenvalue weighted by Gasteiger charge is 2.35. The lowest BCUT2D eigenvalue weighted by Gasteiger charge is -2.16. The highest BCUT2D eigenvalue weighted by atomic mass is 16.4. The first-order chi connectivity index (χ1) is 6.91. The zero-order valence-corrected chi connectivity index (χ0v) is 8.77. The number of aliphatic carboxylic acids is 1. The first kappa shape index (κ1) is 11.5. The van der Waals surface area contributed by atoms with Crippen molar-refractivity contribution < 1.29 is 19.5 Å². The summed E-state index contributed by atoms with van der Waals surface area (Å²) in [6, 6.07) is 0. The van der Waals surface area contributed by atoms with Crippen LogP contribution in [0.1, 0.15) is 6.42 Å². The van der Waals surface area contributed by atoms with Gasteiger partial charge in [0.05, 0.1) is 5.92 Å². The van der Waals surface area contributed by atoms with Crippen molar-refractivity contribution in [1.82, 2.24) is 9.80 Å². The molecule has 1 N–H and O–H groups in total. The van der Waals surface area contributed by atoms with Gasteiger partial charge in [-0.15, -0.1) is 0 Å². The van der Waals surface area contributed by atoms with Crippen LogP contribution in [0.3, 0.4) is 0 Å². The third-order valence-corrected chi connectivity index (χ3v) is 2.33. The molecular weight excluding hydrogens is 200 g/mol. The zero-order chi connectivity index (χ0) is 11.6. The van der Waals surface area contributed by atoms with Crippen molar-refractivity contribution in [3.8, 4) is 0 Å². The predicted octanol–water partition coefficient (Wildman–Crippen LogP) is -0.992. The third-order valence-electron chi connectivity index (χ3n) is 2.33. The Bertz CT molecular complexity index is 300. The highest BCUT2D eigenvalue weighted by Crippen LogP contribution is 2.18. The van der Waals surface area contributed by atoms with Crippen molar-refractivity contribution in [3.63, 3.8) is 0 Å². The molecule has 0 aromatic carbocycles. The fourth-order valence-electron chi connectivity index (χ4n) is 1.62. The first-order valence-corrected chi connectivity index (χ1v) is 4.62. The molecule has 0 spiro atoms. The van der Waals surface area contributed by atoms with Crippen molar-refractivity contribution in [3.05, 3.63) is 0 Å². The number of hydrogen-bond donors (Lipinski definition) is 1. The maximum absolute atomic E-state index is 11.5. The molecule has 1 rings (SSSR count). The smallest absolute Gasteiger partial charge is 0.323 e. The van der Waals surface area contributed by atoms with Gasteiger partial charge in [0.25, 0.3) is 0 Å². The standard InChI is InChI=1S/C9H14N2O4/c1-10(2)9(15)6-3-7(12)11(4-6)5-8(13)14/h6H,3-5H2,1-2H3,(H,13,14). The largest absolute Gasteiger partial charge is 0.480 e. The van der Waals surface area contributed by atoms with E-state index >= 15 is 0 Å². The molecule has 1 saturated heterocycles. The lowest BCUT2D eigenvalue weighted by molar-refractivity contribution is -0.142. The van der Waals surface area contributed by atoms with Crippen molar-refractivity contribution in [2.24, 2.45) is 5.92 Å². The second-order valence-corrected chi connectivity index (χ2v) is 3.80. The van der Waals surface area contributed by atoms with Crippen molar-refractivity contribution >= 4 is 17.8 Å². The van der Waals surface area contributed by atoms with Crippen LogP contribution in [0.2, 0.25) is 0 Å². The van der Waals surface area contributed by atoms with E-state index in [1.807, 2.05) is 0 Å². The monoisotopic (exact) mass is 214 g/mol. The third kappa shape index (κ3) is 2.68. The Hall–Kier alpha value is -1.59. The van der Waals surface area contributed by atoms with E-state index in [0.29, 0.717) is 0 Å². The van der Waals surface area contributed by atoms with Gasteiger partial charge in [-0.25, -0.2) is 0 Å². The average molecular weight is 214 g/mol. The van der Waals surface area contributed by atoms with E-state index in [0.717, 1.165) is 0 Å². The fourth-order valence-corrected chi connectivity index (χ4v) is 1.62. The molecule has 1 fully saturated rings. The molecule has 0 aliphatic carbocycles. The van der Waals surface area contributed by atoms with E-state index in [1.54, 1.807) is 14.1 Å². The van der Waals surface area contributed by atoms with Crippen LogP contribution < -0.4 is 0 Å². The Labute approximate surface area is 87.5 Å². The summed E-state index contributed by atoms with van der Waals surface area (Å²) in [6.45, 7) is -0.113. The summed E-state index contributed by atoms with van der Waals surface area (Å²) in [4.78, 5) is 35.9. The maximum Gasteiger partial charge on any atom is 0.323 e. The number of rotatable bonds is 3. The van der Waals surface area contributed by atoms with Crippen LogP contribution in [0, 0.1) is 5.92 Å². The number of carboxylic acids is 1.